The molecular weight excluding hydrogens is 775 g/mol. The molecular formula is C61H37N3. The summed E-state index contributed by atoms with van der Waals surface area (Å²) in [5, 5.41) is 7.43. The van der Waals surface area contributed by atoms with Gasteiger partial charge in [0.2, 0.25) is 0 Å². The molecule has 0 amide bonds. The quantitative estimate of drug-likeness (QED) is 0.169. The molecule has 3 heterocycles. The van der Waals surface area contributed by atoms with Crippen LogP contribution in [-0.4, -0.2) is 13.7 Å². The molecule has 0 saturated carbocycles. The van der Waals surface area contributed by atoms with Crippen LogP contribution in [0, 0.1) is 0 Å². The summed E-state index contributed by atoms with van der Waals surface area (Å²) in [6.07, 6.45) is 0. The molecule has 3 nitrogen and oxygen atoms in total. The molecule has 10 aromatic carbocycles. The Morgan fingerprint density at radius 3 is 1.22 bits per heavy atom. The van der Waals surface area contributed by atoms with E-state index >= 15 is 0 Å². The number of nitrogens with zero attached hydrogens (tertiary/aromatic N) is 3. The summed E-state index contributed by atoms with van der Waals surface area (Å²) in [4.78, 5) is 0. The minimum atomic E-state index is -0.464. The van der Waals surface area contributed by atoms with Crippen molar-refractivity contribution in [1.82, 2.24) is 13.7 Å². The highest BCUT2D eigenvalue weighted by atomic mass is 15.1. The van der Waals surface area contributed by atoms with Crippen LogP contribution < -0.4 is 0 Å². The fourth-order valence-electron chi connectivity index (χ4n) is 12.2. The van der Waals surface area contributed by atoms with Crippen molar-refractivity contribution in [3.63, 3.8) is 0 Å². The Kier molecular flexibility index (Phi) is 6.61. The molecule has 64 heavy (non-hydrogen) atoms. The number of benzene rings is 10. The SMILES string of the molecule is c1ccc(-n2c3cc4c(cc3c3cc(-n5c6ccccc6c6ccccc65)cc(-n5c6ccccc6c6ccccc65)c32)C2(c3ccccc3-c3ccccc32)c2ccccc2-4)cc1. The highest BCUT2D eigenvalue weighted by Gasteiger charge is 2.51. The van der Waals surface area contributed by atoms with Crippen molar-refractivity contribution >= 4 is 65.4 Å². The summed E-state index contributed by atoms with van der Waals surface area (Å²) >= 11 is 0. The normalized spacial score (nSPS) is 13.4. The minimum absolute atomic E-state index is 0.464. The van der Waals surface area contributed by atoms with Gasteiger partial charge in [-0.1, -0.05) is 164 Å². The van der Waals surface area contributed by atoms with Gasteiger partial charge in [-0.2, -0.15) is 0 Å². The van der Waals surface area contributed by atoms with Crippen molar-refractivity contribution in [1.29, 1.82) is 0 Å². The van der Waals surface area contributed by atoms with Crippen molar-refractivity contribution in [3.05, 3.63) is 247 Å². The second-order valence-corrected chi connectivity index (χ2v) is 17.6. The molecule has 0 N–H and O–H groups in total. The molecule has 1 spiro atoms. The fourth-order valence-corrected chi connectivity index (χ4v) is 12.2. The Labute approximate surface area is 368 Å². The lowest BCUT2D eigenvalue weighted by Crippen LogP contribution is -2.25. The molecule has 2 aliphatic rings. The monoisotopic (exact) mass is 811 g/mol. The number of hydrogen-bond acceptors (Lipinski definition) is 0. The molecule has 296 valence electrons. The van der Waals surface area contributed by atoms with Gasteiger partial charge < -0.3 is 13.7 Å². The van der Waals surface area contributed by atoms with Crippen molar-refractivity contribution in [2.24, 2.45) is 0 Å². The lowest BCUT2D eigenvalue weighted by Gasteiger charge is -2.30. The van der Waals surface area contributed by atoms with Crippen molar-refractivity contribution in [3.8, 4) is 39.3 Å². The van der Waals surface area contributed by atoms with Gasteiger partial charge in [-0.05, 0) is 105 Å². The fraction of sp³-hybridized carbons (Fsp3) is 0.0164. The number of aromatic nitrogens is 3. The van der Waals surface area contributed by atoms with Crippen LogP contribution in [0.4, 0.5) is 0 Å². The number of hydrogen-bond donors (Lipinski definition) is 0. The van der Waals surface area contributed by atoms with E-state index in [1.165, 1.54) is 110 Å². The number of fused-ring (bicyclic) bond motifs is 19. The first-order valence-corrected chi connectivity index (χ1v) is 22.3. The van der Waals surface area contributed by atoms with Gasteiger partial charge in [-0.3, -0.25) is 0 Å². The zero-order valence-corrected chi connectivity index (χ0v) is 34.7. The molecule has 0 fully saturated rings. The van der Waals surface area contributed by atoms with E-state index in [9.17, 15) is 0 Å². The average Bonchev–Trinajstić information content (AvgIpc) is 4.13. The van der Waals surface area contributed by atoms with Crippen molar-refractivity contribution < 1.29 is 0 Å². The molecule has 13 aromatic rings. The van der Waals surface area contributed by atoms with Crippen LogP contribution in [0.2, 0.25) is 0 Å². The van der Waals surface area contributed by atoms with Gasteiger partial charge in [0.15, 0.2) is 0 Å². The van der Waals surface area contributed by atoms with E-state index in [1.807, 2.05) is 0 Å². The van der Waals surface area contributed by atoms with Gasteiger partial charge in [-0.15, -0.1) is 0 Å². The predicted molar refractivity (Wildman–Crippen MR) is 266 cm³/mol. The molecule has 2 aliphatic carbocycles. The maximum Gasteiger partial charge on any atom is 0.0784 e. The molecule has 0 saturated heterocycles. The van der Waals surface area contributed by atoms with E-state index in [4.69, 9.17) is 0 Å². The molecule has 0 radical (unpaired) electrons. The van der Waals surface area contributed by atoms with Gasteiger partial charge >= 0.3 is 0 Å². The van der Waals surface area contributed by atoms with Crippen molar-refractivity contribution in [2.45, 2.75) is 5.41 Å². The second-order valence-electron chi connectivity index (χ2n) is 17.6. The zero-order valence-electron chi connectivity index (χ0n) is 34.7. The van der Waals surface area contributed by atoms with Crippen LogP contribution in [0.5, 0.6) is 0 Å². The van der Waals surface area contributed by atoms with E-state index in [1.54, 1.807) is 0 Å². The Hall–Kier alpha value is -8.40. The molecule has 3 heteroatoms. The maximum absolute atomic E-state index is 2.58. The number of rotatable bonds is 3. The van der Waals surface area contributed by atoms with Gasteiger partial charge in [0.1, 0.15) is 0 Å². The summed E-state index contributed by atoms with van der Waals surface area (Å²) in [6, 6.07) is 83.9. The lowest BCUT2D eigenvalue weighted by molar-refractivity contribution is 0.795. The van der Waals surface area contributed by atoms with Crippen LogP contribution >= 0.6 is 0 Å². The first-order chi connectivity index (χ1) is 31.8. The highest BCUT2D eigenvalue weighted by Crippen LogP contribution is 2.63. The summed E-state index contributed by atoms with van der Waals surface area (Å²) in [7, 11) is 0. The summed E-state index contributed by atoms with van der Waals surface area (Å²) in [5.41, 5.74) is 20.7. The Morgan fingerprint density at radius 1 is 0.250 bits per heavy atom. The van der Waals surface area contributed by atoms with E-state index in [2.05, 4.69) is 238 Å². The summed E-state index contributed by atoms with van der Waals surface area (Å²) < 4.78 is 7.56. The largest absolute Gasteiger partial charge is 0.309 e. The van der Waals surface area contributed by atoms with E-state index < -0.39 is 5.41 Å². The summed E-state index contributed by atoms with van der Waals surface area (Å²) in [6.45, 7) is 0. The van der Waals surface area contributed by atoms with E-state index in [0.717, 1.165) is 17.1 Å². The van der Waals surface area contributed by atoms with E-state index in [0.29, 0.717) is 0 Å². The van der Waals surface area contributed by atoms with Crippen LogP contribution in [0.1, 0.15) is 22.3 Å². The Morgan fingerprint density at radius 2 is 0.688 bits per heavy atom. The van der Waals surface area contributed by atoms with Crippen LogP contribution in [0.25, 0.3) is 105 Å². The standard InChI is InChI=1S/C61H37N3/c1-2-18-38(19-3-1)63-58-37-47-42-22-6-13-29-52(42)61(50-27-11-4-20-40(50)41-21-5-12-28-51(41)61)53(47)36-48(58)49-34-39(62-54-30-14-7-23-43(54)44-24-8-15-31-55(44)62)35-59(60(49)63)64-56-32-16-9-25-45(56)46-26-10-17-33-57(46)64/h1-37H. The first-order valence-electron chi connectivity index (χ1n) is 22.3. The zero-order chi connectivity index (χ0) is 41.7. The van der Waals surface area contributed by atoms with Gasteiger partial charge in [0, 0.05) is 43.7 Å². The second kappa shape index (κ2) is 12.4. The molecule has 0 bridgehead atoms. The van der Waals surface area contributed by atoms with Gasteiger partial charge in [0.05, 0.1) is 44.2 Å². The smallest absolute Gasteiger partial charge is 0.0784 e. The lowest BCUT2D eigenvalue weighted by atomic mass is 9.70. The Bertz CT molecular complexity index is 3990. The maximum atomic E-state index is 2.58. The third-order valence-corrected chi connectivity index (χ3v) is 14.6. The Balaban J connectivity index is 1.17. The third-order valence-electron chi connectivity index (χ3n) is 14.6. The molecule has 0 aliphatic heterocycles. The molecule has 0 unspecified atom stereocenters. The third kappa shape index (κ3) is 4.17. The van der Waals surface area contributed by atoms with Crippen molar-refractivity contribution in [2.75, 3.05) is 0 Å². The number of para-hydroxylation sites is 5. The van der Waals surface area contributed by atoms with Gasteiger partial charge in [0.25, 0.3) is 0 Å². The molecule has 15 rings (SSSR count). The molecule has 3 aromatic heterocycles. The van der Waals surface area contributed by atoms with E-state index in [-0.39, 0.29) is 0 Å². The first kappa shape index (κ1) is 34.2. The minimum Gasteiger partial charge on any atom is -0.309 e. The topological polar surface area (TPSA) is 14.8 Å². The predicted octanol–water partition coefficient (Wildman–Crippen LogP) is 15.3. The highest BCUT2D eigenvalue weighted by molar-refractivity contribution is 6.18. The van der Waals surface area contributed by atoms with Gasteiger partial charge in [-0.25, -0.2) is 0 Å². The van der Waals surface area contributed by atoms with Crippen LogP contribution in [0.3, 0.4) is 0 Å². The van der Waals surface area contributed by atoms with Crippen LogP contribution in [0.15, 0.2) is 224 Å². The van der Waals surface area contributed by atoms with Crippen LogP contribution in [-0.2, 0) is 5.41 Å². The average molecular weight is 812 g/mol. The molecule has 0 atom stereocenters. The summed E-state index contributed by atoms with van der Waals surface area (Å²) in [5.74, 6) is 0.